The number of benzene rings is 2. The Bertz CT molecular complexity index is 658. The summed E-state index contributed by atoms with van der Waals surface area (Å²) in [5.74, 6) is -0.360. The van der Waals surface area contributed by atoms with E-state index in [9.17, 15) is 4.79 Å². The molecule has 0 saturated carbocycles. The van der Waals surface area contributed by atoms with Crippen molar-refractivity contribution < 1.29 is 4.79 Å². The molecule has 0 radical (unpaired) electrons. The quantitative estimate of drug-likeness (QED) is 0.867. The summed E-state index contributed by atoms with van der Waals surface area (Å²) in [4.78, 5) is 11.1. The van der Waals surface area contributed by atoms with Crippen LogP contribution in [0.25, 0.3) is 0 Å². The lowest BCUT2D eigenvalue weighted by molar-refractivity contribution is -0.117. The van der Waals surface area contributed by atoms with Crippen molar-refractivity contribution in [2.24, 2.45) is 5.73 Å². The molecule has 0 spiro atoms. The number of nitrogens with one attached hydrogen (secondary N) is 1. The molecule has 5 heteroatoms. The summed E-state index contributed by atoms with van der Waals surface area (Å²) < 4.78 is 0. The van der Waals surface area contributed by atoms with E-state index in [1.807, 2.05) is 37.3 Å². The number of hydrogen-bond donors (Lipinski definition) is 2. The lowest BCUT2D eigenvalue weighted by Crippen LogP contribution is -2.16. The molecule has 110 valence electrons. The van der Waals surface area contributed by atoms with Gasteiger partial charge in [-0.15, -0.1) is 0 Å². The second kappa shape index (κ2) is 6.83. The van der Waals surface area contributed by atoms with Gasteiger partial charge in [-0.25, -0.2) is 0 Å². The van der Waals surface area contributed by atoms with Crippen LogP contribution < -0.4 is 11.1 Å². The Balaban J connectivity index is 2.23. The summed E-state index contributed by atoms with van der Waals surface area (Å²) in [5.41, 5.74) is 7.95. The van der Waals surface area contributed by atoms with Crippen LogP contribution in [0.15, 0.2) is 42.5 Å². The molecule has 0 saturated heterocycles. The molecule has 2 aromatic carbocycles. The van der Waals surface area contributed by atoms with Crippen LogP contribution in [0.1, 0.15) is 24.1 Å². The zero-order chi connectivity index (χ0) is 15.4. The van der Waals surface area contributed by atoms with Crippen LogP contribution in [-0.4, -0.2) is 5.91 Å². The fourth-order valence-corrected chi connectivity index (χ4v) is 2.74. The third-order valence-electron chi connectivity index (χ3n) is 3.18. The summed E-state index contributed by atoms with van der Waals surface area (Å²) >= 11 is 12.1. The number of para-hydroxylation sites is 1. The van der Waals surface area contributed by atoms with Crippen molar-refractivity contribution in [1.82, 2.24) is 0 Å². The van der Waals surface area contributed by atoms with Crippen LogP contribution in [0.3, 0.4) is 0 Å². The zero-order valence-corrected chi connectivity index (χ0v) is 13.1. The standard InChI is InChI=1S/C16H16Cl2N2O/c1-10(13-7-6-12(17)9-14(13)18)20-15-5-3-2-4-11(15)8-16(19)21/h2-7,9-10,20H,8H2,1H3,(H2,19,21). The number of anilines is 1. The molecule has 0 aromatic heterocycles. The topological polar surface area (TPSA) is 55.1 Å². The molecule has 2 aromatic rings. The van der Waals surface area contributed by atoms with Crippen LogP contribution in [0.2, 0.25) is 10.0 Å². The van der Waals surface area contributed by atoms with Gasteiger partial charge in [-0.2, -0.15) is 0 Å². The highest BCUT2D eigenvalue weighted by Gasteiger charge is 2.12. The largest absolute Gasteiger partial charge is 0.378 e. The Morgan fingerprint density at radius 3 is 2.62 bits per heavy atom. The van der Waals surface area contributed by atoms with Gasteiger partial charge in [0.15, 0.2) is 0 Å². The molecule has 3 N–H and O–H groups in total. The van der Waals surface area contributed by atoms with E-state index in [1.165, 1.54) is 0 Å². The van der Waals surface area contributed by atoms with Gasteiger partial charge in [-0.1, -0.05) is 47.5 Å². The molecule has 2 rings (SSSR count). The third kappa shape index (κ3) is 4.13. The monoisotopic (exact) mass is 322 g/mol. The van der Waals surface area contributed by atoms with Crippen molar-refractivity contribution >= 4 is 34.8 Å². The van der Waals surface area contributed by atoms with Crippen molar-refractivity contribution in [3.63, 3.8) is 0 Å². The van der Waals surface area contributed by atoms with Gasteiger partial charge >= 0.3 is 0 Å². The lowest BCUT2D eigenvalue weighted by atomic mass is 10.1. The molecule has 0 aliphatic rings. The van der Waals surface area contributed by atoms with E-state index in [4.69, 9.17) is 28.9 Å². The van der Waals surface area contributed by atoms with E-state index in [-0.39, 0.29) is 18.4 Å². The van der Waals surface area contributed by atoms with Crippen LogP contribution in [-0.2, 0) is 11.2 Å². The number of amides is 1. The van der Waals surface area contributed by atoms with E-state index in [0.717, 1.165) is 16.8 Å². The lowest BCUT2D eigenvalue weighted by Gasteiger charge is -2.19. The summed E-state index contributed by atoms with van der Waals surface area (Å²) in [6.07, 6.45) is 0.199. The van der Waals surface area contributed by atoms with Gasteiger partial charge in [-0.3, -0.25) is 4.79 Å². The van der Waals surface area contributed by atoms with E-state index in [1.54, 1.807) is 12.1 Å². The maximum Gasteiger partial charge on any atom is 0.221 e. The molecule has 0 fully saturated rings. The first kappa shape index (κ1) is 15.7. The van der Waals surface area contributed by atoms with Gasteiger partial charge in [0, 0.05) is 15.7 Å². The van der Waals surface area contributed by atoms with Gasteiger partial charge in [0.1, 0.15) is 0 Å². The molecule has 21 heavy (non-hydrogen) atoms. The number of halogens is 2. The normalized spacial score (nSPS) is 12.0. The smallest absolute Gasteiger partial charge is 0.221 e. The molecule has 1 unspecified atom stereocenters. The summed E-state index contributed by atoms with van der Waals surface area (Å²) in [6.45, 7) is 2.00. The van der Waals surface area contributed by atoms with Crippen molar-refractivity contribution in [1.29, 1.82) is 0 Å². The van der Waals surface area contributed by atoms with E-state index < -0.39 is 0 Å². The summed E-state index contributed by atoms with van der Waals surface area (Å²) in [5, 5.41) is 4.57. The van der Waals surface area contributed by atoms with Crippen LogP contribution in [0, 0.1) is 0 Å². The van der Waals surface area contributed by atoms with Crippen LogP contribution in [0.5, 0.6) is 0 Å². The van der Waals surface area contributed by atoms with Gasteiger partial charge in [-0.05, 0) is 36.2 Å². The summed E-state index contributed by atoms with van der Waals surface area (Å²) in [7, 11) is 0. The molecular formula is C16H16Cl2N2O. The predicted molar refractivity (Wildman–Crippen MR) is 87.8 cm³/mol. The molecule has 0 heterocycles. The fourth-order valence-electron chi connectivity index (χ4n) is 2.17. The first-order valence-electron chi connectivity index (χ1n) is 6.55. The predicted octanol–water partition coefficient (Wildman–Crippen LogP) is 4.19. The minimum atomic E-state index is -0.360. The SMILES string of the molecule is CC(Nc1ccccc1CC(N)=O)c1ccc(Cl)cc1Cl. The Kier molecular flexibility index (Phi) is 5.10. The number of carbonyl (C=O) groups is 1. The average Bonchev–Trinajstić information content (AvgIpc) is 2.40. The molecule has 3 nitrogen and oxygen atoms in total. The Labute approximate surface area is 134 Å². The molecule has 0 bridgehead atoms. The van der Waals surface area contributed by atoms with Gasteiger partial charge in [0.25, 0.3) is 0 Å². The van der Waals surface area contributed by atoms with Gasteiger partial charge < -0.3 is 11.1 Å². The second-order valence-electron chi connectivity index (χ2n) is 4.83. The highest BCUT2D eigenvalue weighted by Crippen LogP contribution is 2.29. The van der Waals surface area contributed by atoms with E-state index >= 15 is 0 Å². The number of nitrogens with two attached hydrogens (primary N) is 1. The Hall–Kier alpha value is -1.71. The average molecular weight is 323 g/mol. The first-order chi connectivity index (χ1) is 9.97. The molecular weight excluding hydrogens is 307 g/mol. The Morgan fingerprint density at radius 2 is 1.95 bits per heavy atom. The van der Waals surface area contributed by atoms with E-state index in [2.05, 4.69) is 5.32 Å². The van der Waals surface area contributed by atoms with Gasteiger partial charge in [0.2, 0.25) is 5.91 Å². The maximum absolute atomic E-state index is 11.1. The highest BCUT2D eigenvalue weighted by atomic mass is 35.5. The molecule has 1 amide bonds. The number of rotatable bonds is 5. The number of carbonyl (C=O) groups excluding carboxylic acids is 1. The minimum absolute atomic E-state index is 0.0243. The molecule has 1 atom stereocenters. The number of hydrogen-bond acceptors (Lipinski definition) is 2. The second-order valence-corrected chi connectivity index (χ2v) is 5.68. The molecule has 0 aliphatic carbocycles. The molecule has 0 aliphatic heterocycles. The minimum Gasteiger partial charge on any atom is -0.378 e. The van der Waals surface area contributed by atoms with Gasteiger partial charge in [0.05, 0.1) is 12.5 Å². The fraction of sp³-hybridized carbons (Fsp3) is 0.188. The zero-order valence-electron chi connectivity index (χ0n) is 11.6. The van der Waals surface area contributed by atoms with Crippen LogP contribution >= 0.6 is 23.2 Å². The first-order valence-corrected chi connectivity index (χ1v) is 7.30. The maximum atomic E-state index is 11.1. The van der Waals surface area contributed by atoms with Crippen molar-refractivity contribution in [3.8, 4) is 0 Å². The van der Waals surface area contributed by atoms with Crippen LogP contribution in [0.4, 0.5) is 5.69 Å². The summed E-state index contributed by atoms with van der Waals surface area (Å²) in [6, 6.07) is 13.0. The number of primary amides is 1. The highest BCUT2D eigenvalue weighted by molar-refractivity contribution is 6.35. The van der Waals surface area contributed by atoms with Crippen molar-refractivity contribution in [2.45, 2.75) is 19.4 Å². The van der Waals surface area contributed by atoms with Crippen molar-refractivity contribution in [2.75, 3.05) is 5.32 Å². The third-order valence-corrected chi connectivity index (χ3v) is 3.75. The Morgan fingerprint density at radius 1 is 1.24 bits per heavy atom. The van der Waals surface area contributed by atoms with E-state index in [0.29, 0.717) is 10.0 Å². The van der Waals surface area contributed by atoms with Crippen molar-refractivity contribution in [3.05, 3.63) is 63.6 Å².